The van der Waals surface area contributed by atoms with Gasteiger partial charge in [0.25, 0.3) is 0 Å². The third kappa shape index (κ3) is 9.85. The van der Waals surface area contributed by atoms with Gasteiger partial charge in [-0.05, 0) is 76.3 Å². The Hall–Kier alpha value is -0.781. The van der Waals surface area contributed by atoms with Crippen LogP contribution in [0.3, 0.4) is 0 Å². The molecular weight excluding hydrogens is 575 g/mol. The molecule has 43 heavy (non-hydrogen) atoms. The minimum atomic E-state index is -2.17. The summed E-state index contributed by atoms with van der Waals surface area (Å²) in [6, 6.07) is 5.64. The zero-order valence-corrected chi connectivity index (χ0v) is 32.1. The van der Waals surface area contributed by atoms with Gasteiger partial charge in [-0.15, -0.1) is 0 Å². The highest BCUT2D eigenvalue weighted by Gasteiger charge is 2.50. The van der Waals surface area contributed by atoms with E-state index < -0.39 is 58.4 Å². The van der Waals surface area contributed by atoms with Crippen molar-refractivity contribution in [1.82, 2.24) is 0 Å². The molecule has 0 aliphatic carbocycles. The highest BCUT2D eigenvalue weighted by Crippen LogP contribution is 2.40. The van der Waals surface area contributed by atoms with Gasteiger partial charge in [-0.3, -0.25) is 9.59 Å². The summed E-state index contributed by atoms with van der Waals surface area (Å²) in [5, 5.41) is 9.86. The highest BCUT2D eigenvalue weighted by atomic mass is 28.4. The van der Waals surface area contributed by atoms with Crippen LogP contribution in [0, 0.1) is 17.3 Å². The van der Waals surface area contributed by atoms with Crippen molar-refractivity contribution in [2.45, 2.75) is 169 Å². The maximum Gasteiger partial charge on any atom is 0.486 e. The Labute approximate surface area is 266 Å². The van der Waals surface area contributed by atoms with Crippen molar-refractivity contribution in [3.63, 3.8) is 0 Å². The molecule has 0 spiro atoms. The monoisotopic (exact) mass is 640 g/mol. The molecule has 0 radical (unpaired) electrons. The molecule has 1 N–H and O–H groups in total. The van der Waals surface area contributed by atoms with Gasteiger partial charge in [0.1, 0.15) is 5.78 Å². The zero-order valence-electron chi connectivity index (χ0n) is 30.1. The predicted molar refractivity (Wildman–Crippen MR) is 183 cm³/mol. The second-order valence-corrected chi connectivity index (χ2v) is 23.9. The van der Waals surface area contributed by atoms with Crippen LogP contribution in [0.4, 0.5) is 0 Å². The number of hydrogen-bond acceptors (Lipinski definition) is 6. The summed E-state index contributed by atoms with van der Waals surface area (Å²) in [4.78, 5) is 26.5. The van der Waals surface area contributed by atoms with E-state index in [-0.39, 0.29) is 24.2 Å². The molecule has 10 heteroatoms. The molecule has 0 saturated carbocycles. The quantitative estimate of drug-likeness (QED) is 0.133. The van der Waals surface area contributed by atoms with Crippen molar-refractivity contribution in [2.75, 3.05) is 0 Å². The molecule has 0 unspecified atom stereocenters. The summed E-state index contributed by atoms with van der Waals surface area (Å²) in [6.45, 7) is 29.1. The topological polar surface area (TPSA) is 91.3 Å². The summed E-state index contributed by atoms with van der Waals surface area (Å²) < 4.78 is 26.2. The first-order valence-electron chi connectivity index (χ1n) is 16.9. The molecule has 7 nitrogen and oxygen atoms in total. The van der Waals surface area contributed by atoms with Crippen LogP contribution in [0.5, 0.6) is 0 Å². The van der Waals surface area contributed by atoms with Crippen molar-refractivity contribution in [2.24, 2.45) is 17.3 Å². The smallest absolute Gasteiger partial charge is 0.481 e. The molecule has 4 atom stereocenters. The summed E-state index contributed by atoms with van der Waals surface area (Å²) in [7, 11) is -4.65. The lowest BCUT2D eigenvalue weighted by Gasteiger charge is -2.44. The fourth-order valence-electron chi connectivity index (χ4n) is 6.30. The van der Waals surface area contributed by atoms with Gasteiger partial charge in [0.2, 0.25) is 0 Å². The van der Waals surface area contributed by atoms with E-state index in [1.165, 1.54) is 0 Å². The Balaban J connectivity index is 3.38. The average Bonchev–Trinajstić information content (AvgIpc) is 3.16. The van der Waals surface area contributed by atoms with Crippen LogP contribution in [-0.4, -0.2) is 64.0 Å². The summed E-state index contributed by atoms with van der Waals surface area (Å²) in [5.41, 5.74) is -1.78. The minimum absolute atomic E-state index is 0.0166. The molecule has 1 aliphatic rings. The van der Waals surface area contributed by atoms with E-state index in [2.05, 4.69) is 54.5 Å². The Morgan fingerprint density at radius 3 is 1.65 bits per heavy atom. The fraction of sp³-hybridized carbons (Fsp3) is 0.879. The van der Waals surface area contributed by atoms with Crippen LogP contribution in [0.15, 0.2) is 12.1 Å². The standard InChI is InChI=1S/C33H65BO7Si2/c1-15-42(16-2,17-3)38-27(24-28(35)36)31(9,10)30(37)26(8)29(39-43(18-4,19-5)20-6)25(7)22-21-23-34-40-32(11,12)33(13,14)41-34/h21,23,25-27,29H,15-20,22,24H2,1-14H3,(H,35,36)/b23-21+/t25-,26+,27-,29-/m0/s1. The Morgan fingerprint density at radius 1 is 0.837 bits per heavy atom. The fourth-order valence-corrected chi connectivity index (χ4v) is 12.3. The number of carboxylic acids is 1. The van der Waals surface area contributed by atoms with Crippen molar-refractivity contribution in [3.05, 3.63) is 12.1 Å². The number of hydrogen-bond donors (Lipinski definition) is 1. The van der Waals surface area contributed by atoms with Crippen LogP contribution in [0.25, 0.3) is 0 Å². The van der Waals surface area contributed by atoms with Crippen LogP contribution >= 0.6 is 0 Å². The van der Waals surface area contributed by atoms with E-state index in [4.69, 9.17) is 18.2 Å². The third-order valence-corrected chi connectivity index (χ3v) is 20.3. The zero-order chi connectivity index (χ0) is 33.4. The third-order valence-electron chi connectivity index (χ3n) is 11.0. The second kappa shape index (κ2) is 16.2. The van der Waals surface area contributed by atoms with Crippen LogP contribution in [-0.2, 0) is 27.7 Å². The number of rotatable bonds is 20. The van der Waals surface area contributed by atoms with Crippen LogP contribution in [0.2, 0.25) is 36.3 Å². The van der Waals surface area contributed by atoms with E-state index in [0.29, 0.717) is 6.42 Å². The summed E-state index contributed by atoms with van der Waals surface area (Å²) in [5.74, 6) is 0.689. The maximum atomic E-state index is 14.5. The van der Waals surface area contributed by atoms with Crippen molar-refractivity contribution in [1.29, 1.82) is 0 Å². The molecule has 1 fully saturated rings. The molecule has 0 aromatic carbocycles. The van der Waals surface area contributed by atoms with Crippen LogP contribution < -0.4 is 0 Å². The number of carbonyl (C=O) groups excluding carboxylic acids is 1. The number of allylic oxidation sites excluding steroid dienone is 1. The normalized spacial score (nSPS) is 20.3. The van der Waals surface area contributed by atoms with E-state index >= 15 is 0 Å². The molecule has 1 saturated heterocycles. The van der Waals surface area contributed by atoms with E-state index in [9.17, 15) is 14.7 Å². The molecular formula is C33H65BO7Si2. The second-order valence-electron chi connectivity index (χ2n) is 14.4. The number of ketones is 1. The first kappa shape index (κ1) is 40.2. The van der Waals surface area contributed by atoms with Gasteiger partial charge < -0.3 is 23.3 Å². The lowest BCUT2D eigenvalue weighted by molar-refractivity contribution is -0.146. The highest BCUT2D eigenvalue weighted by molar-refractivity contribution is 6.74. The summed E-state index contributed by atoms with van der Waals surface area (Å²) in [6.07, 6.45) is 1.64. The predicted octanol–water partition coefficient (Wildman–Crippen LogP) is 8.69. The van der Waals surface area contributed by atoms with Gasteiger partial charge >= 0.3 is 13.1 Å². The van der Waals surface area contributed by atoms with E-state index in [0.717, 1.165) is 36.3 Å². The SMILES string of the molecule is CC[Si](CC)(CC)O[C@@H]([C@@H](C)C/C=C/B1OC(C)(C)C(C)(C)O1)[C@@H](C)C(=O)C(C)(C)[C@H](CC(=O)O)O[Si](CC)(CC)CC. The maximum absolute atomic E-state index is 14.5. The molecule has 0 bridgehead atoms. The Morgan fingerprint density at radius 2 is 1.26 bits per heavy atom. The number of carbonyl (C=O) groups is 2. The Kier molecular flexibility index (Phi) is 15.1. The molecule has 250 valence electrons. The molecule has 0 aromatic heterocycles. The number of carboxylic acid groups (broad SMARTS) is 1. The first-order chi connectivity index (χ1) is 19.8. The molecule has 0 amide bonds. The van der Waals surface area contributed by atoms with Gasteiger partial charge in [-0.1, -0.05) is 81.3 Å². The molecule has 1 aliphatic heterocycles. The molecule has 1 heterocycles. The van der Waals surface area contributed by atoms with E-state index in [1.54, 1.807) is 0 Å². The number of aliphatic carboxylic acids is 1. The molecule has 1 rings (SSSR count). The minimum Gasteiger partial charge on any atom is -0.481 e. The largest absolute Gasteiger partial charge is 0.486 e. The van der Waals surface area contributed by atoms with Gasteiger partial charge in [0.05, 0.1) is 29.8 Å². The average molecular weight is 641 g/mol. The molecule has 0 aromatic rings. The lowest BCUT2D eigenvalue weighted by atomic mass is 9.73. The van der Waals surface area contributed by atoms with E-state index in [1.807, 2.05) is 54.4 Å². The van der Waals surface area contributed by atoms with Gasteiger partial charge in [-0.2, -0.15) is 0 Å². The lowest BCUT2D eigenvalue weighted by Crippen LogP contribution is -2.53. The Bertz CT molecular complexity index is 896. The van der Waals surface area contributed by atoms with Crippen molar-refractivity contribution >= 4 is 35.5 Å². The summed E-state index contributed by atoms with van der Waals surface area (Å²) >= 11 is 0. The van der Waals surface area contributed by atoms with Crippen molar-refractivity contribution in [3.8, 4) is 0 Å². The van der Waals surface area contributed by atoms with Gasteiger partial charge in [-0.25, -0.2) is 0 Å². The van der Waals surface area contributed by atoms with Gasteiger partial charge in [0, 0.05) is 11.3 Å². The van der Waals surface area contributed by atoms with Gasteiger partial charge in [0.15, 0.2) is 16.6 Å². The number of Topliss-reactive ketones (excluding diaryl/α,β-unsaturated/α-hetero) is 1. The first-order valence-corrected chi connectivity index (χ1v) is 22.0. The van der Waals surface area contributed by atoms with Crippen LogP contribution in [0.1, 0.15) is 110 Å². The van der Waals surface area contributed by atoms with Crippen molar-refractivity contribution < 1.29 is 32.9 Å².